The molecule has 0 spiro atoms. The number of ether oxygens (including phenoxy) is 1. The topological polar surface area (TPSA) is 83.7 Å². The van der Waals surface area contributed by atoms with E-state index in [1.165, 1.54) is 0 Å². The minimum atomic E-state index is -1.41. The Hall–Kier alpha value is -3.01. The molecule has 3 rings (SSSR count). The highest BCUT2D eigenvalue weighted by atomic mass is 32.4. The van der Waals surface area contributed by atoms with Gasteiger partial charge in [0.2, 0.25) is 35.4 Å². The normalized spacial score (nSPS) is 12.4. The molecule has 0 radical (unpaired) electrons. The molecule has 10 nitrogen and oxygen atoms in total. The number of nitrogens with zero attached hydrogens (tertiary/aromatic N) is 6. The second kappa shape index (κ2) is 17.2. The maximum absolute atomic E-state index is 5.90. The van der Waals surface area contributed by atoms with Gasteiger partial charge in [-0.25, -0.2) is 0 Å². The van der Waals surface area contributed by atoms with Crippen LogP contribution in [0.25, 0.3) is 0 Å². The van der Waals surface area contributed by atoms with Gasteiger partial charge in [0.15, 0.2) is 11.5 Å². The predicted octanol–water partition coefficient (Wildman–Crippen LogP) is 6.62. The third-order valence-corrected chi connectivity index (χ3v) is 11.0. The fourth-order valence-electron chi connectivity index (χ4n) is 2.91. The van der Waals surface area contributed by atoms with Crippen LogP contribution in [0, 0.1) is 0 Å². The number of hydrazone groups is 3. The molecule has 218 valence electrons. The third kappa shape index (κ3) is 11.0. The monoisotopic (exact) mass is 679 g/mol. The second-order valence-electron chi connectivity index (χ2n) is 8.19. The van der Waals surface area contributed by atoms with Crippen LogP contribution in [0.1, 0.15) is 16.7 Å². The summed E-state index contributed by atoms with van der Waals surface area (Å²) >= 11 is 16.2. The zero-order valence-corrected chi connectivity index (χ0v) is 28.7. The number of hydrogen-bond acceptors (Lipinski definition) is 10. The van der Waals surface area contributed by atoms with Gasteiger partial charge in [-0.3, -0.25) is 9.05 Å². The lowest BCUT2D eigenvalue weighted by Gasteiger charge is -2.04. The first-order chi connectivity index (χ1) is 20.2. The summed E-state index contributed by atoms with van der Waals surface area (Å²) < 4.78 is 26.9. The van der Waals surface area contributed by atoms with Crippen LogP contribution in [0.2, 0.25) is 0 Å². The van der Waals surface area contributed by atoms with Gasteiger partial charge < -0.3 is 4.74 Å². The maximum atomic E-state index is 5.90. The third-order valence-electron chi connectivity index (χ3n) is 5.23. The first kappa shape index (κ1) is 33.5. The summed E-state index contributed by atoms with van der Waals surface area (Å²) in [7, 11) is 4.58. The van der Waals surface area contributed by atoms with Crippen LogP contribution in [-0.4, -0.2) is 68.3 Å². The molecule has 3 atom stereocenters. The van der Waals surface area contributed by atoms with Gasteiger partial charge in [0.1, 0.15) is 5.75 Å². The quantitative estimate of drug-likeness (QED) is 0.0994. The van der Waals surface area contributed by atoms with Crippen molar-refractivity contribution in [1.29, 1.82) is 0 Å². The summed E-state index contributed by atoms with van der Waals surface area (Å²) in [6.07, 6.45) is 5.14. The first-order valence-electron chi connectivity index (χ1n) is 12.2. The first-order valence-corrected chi connectivity index (χ1v) is 18.8. The molecule has 0 aliphatic carbocycles. The molecule has 16 heteroatoms. The van der Waals surface area contributed by atoms with Crippen molar-refractivity contribution < 1.29 is 18.3 Å². The molecule has 42 heavy (non-hydrogen) atoms. The summed E-state index contributed by atoms with van der Waals surface area (Å²) in [5, 5.41) is 13.1. The fourth-order valence-corrected chi connectivity index (χ4v) is 5.29. The van der Waals surface area contributed by atoms with Gasteiger partial charge in [-0.2, -0.15) is 4.52 Å². The molecular weight excluding hydrogens is 649 g/mol. The van der Waals surface area contributed by atoms with Gasteiger partial charge in [-0.15, -0.1) is 15.3 Å². The molecule has 0 aliphatic heterocycles. The second-order valence-corrected chi connectivity index (χ2v) is 14.9. The summed E-state index contributed by atoms with van der Waals surface area (Å²) in [6.45, 7) is 0. The van der Waals surface area contributed by atoms with Crippen LogP contribution >= 0.6 is 21.2 Å². The molecule has 0 fully saturated rings. The molecule has 0 bridgehead atoms. The molecule has 0 aliphatic rings. The largest absolute Gasteiger partial charge is 0.540 e. The maximum Gasteiger partial charge on any atom is 0.540 e. The van der Waals surface area contributed by atoms with E-state index in [0.29, 0.717) is 11.5 Å². The lowest BCUT2D eigenvalue weighted by Crippen LogP contribution is -2.04. The standard InChI is InChI=1S/C26H30N6O4P3S3/c1-30(37(40)34-5)27-18-22-8-14-25(15-9-22)35-39(42)32(3)29-20-23-10-16-26(17-11-23)36-38(41)31(2)28-19-21-6-12-24(33-4)13-7-21/h6-20H,1-5H3/q+3/b27-18+,28-19+,29-20+. The van der Waals surface area contributed by atoms with E-state index in [1.54, 1.807) is 68.3 Å². The van der Waals surface area contributed by atoms with Gasteiger partial charge >= 0.3 is 21.2 Å². The Morgan fingerprint density at radius 1 is 0.524 bits per heavy atom. The van der Waals surface area contributed by atoms with Crippen LogP contribution < -0.4 is 13.8 Å². The van der Waals surface area contributed by atoms with Gasteiger partial charge in [0.05, 0.1) is 54.0 Å². The minimum Gasteiger partial charge on any atom is -0.497 e. The van der Waals surface area contributed by atoms with E-state index in [2.05, 4.69) is 15.3 Å². The Balaban J connectivity index is 1.48. The summed E-state index contributed by atoms with van der Waals surface area (Å²) in [5.74, 6) is 2.08. The Morgan fingerprint density at radius 3 is 1.14 bits per heavy atom. The smallest absolute Gasteiger partial charge is 0.497 e. The molecule has 3 aromatic rings. The zero-order chi connectivity index (χ0) is 30.5. The van der Waals surface area contributed by atoms with Crippen LogP contribution in [-0.2, 0) is 39.9 Å². The van der Waals surface area contributed by atoms with E-state index in [9.17, 15) is 0 Å². The molecule has 0 heterocycles. The van der Waals surface area contributed by atoms with Gasteiger partial charge in [-0.05, 0) is 89.5 Å². The van der Waals surface area contributed by atoms with Crippen molar-refractivity contribution in [1.82, 2.24) is 14.3 Å². The highest BCUT2D eigenvalue weighted by Crippen LogP contribution is 2.32. The average molecular weight is 680 g/mol. The molecule has 3 unspecified atom stereocenters. The number of hydrogen-bond donors (Lipinski definition) is 0. The molecule has 0 amide bonds. The molecular formula is C26H30N6O4P3S3+3. The van der Waals surface area contributed by atoms with Crippen molar-refractivity contribution in [2.24, 2.45) is 15.3 Å². The predicted molar refractivity (Wildman–Crippen MR) is 183 cm³/mol. The van der Waals surface area contributed by atoms with Crippen molar-refractivity contribution in [3.8, 4) is 17.2 Å². The van der Waals surface area contributed by atoms with Crippen molar-refractivity contribution >= 4 is 75.3 Å². The average Bonchev–Trinajstić information content (AvgIpc) is 3.02. The summed E-state index contributed by atoms with van der Waals surface area (Å²) in [4.78, 5) is 0. The minimum absolute atomic E-state index is 0.644. The molecule has 3 aromatic carbocycles. The van der Waals surface area contributed by atoms with Crippen molar-refractivity contribution in [2.75, 3.05) is 35.4 Å². The van der Waals surface area contributed by atoms with Crippen molar-refractivity contribution in [3.05, 3.63) is 89.5 Å². The Labute approximate surface area is 264 Å². The van der Waals surface area contributed by atoms with E-state index >= 15 is 0 Å². The van der Waals surface area contributed by atoms with E-state index in [-0.39, 0.29) is 0 Å². The van der Waals surface area contributed by atoms with Crippen LogP contribution in [0.5, 0.6) is 17.2 Å². The Kier molecular flexibility index (Phi) is 13.7. The van der Waals surface area contributed by atoms with Crippen molar-refractivity contribution in [2.45, 2.75) is 0 Å². The number of methoxy groups -OCH3 is 1. The zero-order valence-electron chi connectivity index (χ0n) is 23.5. The van der Waals surface area contributed by atoms with Crippen LogP contribution in [0.3, 0.4) is 0 Å². The highest BCUT2D eigenvalue weighted by molar-refractivity contribution is 8.02. The Bertz CT molecular complexity index is 1460. The van der Waals surface area contributed by atoms with E-state index in [1.807, 2.05) is 72.8 Å². The SMILES string of the molecule is COc1ccc(/C=N/N(C)[P+](=S)Oc2ccc(/C=N/N(C)[P+](=S)Oc3ccc(/C=N/N(C)[P+](=S)OC)cc3)cc2)cc1. The van der Waals surface area contributed by atoms with Gasteiger partial charge in [0, 0.05) is 0 Å². The lowest BCUT2D eigenvalue weighted by atomic mass is 10.2. The lowest BCUT2D eigenvalue weighted by molar-refractivity contribution is 0.415. The summed E-state index contributed by atoms with van der Waals surface area (Å²) in [6, 6.07) is 22.5. The molecule has 0 aromatic heterocycles. The number of rotatable bonds is 15. The van der Waals surface area contributed by atoms with Gasteiger partial charge in [-0.1, -0.05) is 14.3 Å². The van der Waals surface area contributed by atoms with E-state index < -0.39 is 21.2 Å². The highest BCUT2D eigenvalue weighted by Gasteiger charge is 2.21. The fraction of sp³-hybridized carbons (Fsp3) is 0.192. The van der Waals surface area contributed by atoms with Crippen LogP contribution in [0.15, 0.2) is 88.1 Å². The Morgan fingerprint density at radius 2 is 0.833 bits per heavy atom. The van der Waals surface area contributed by atoms with E-state index in [0.717, 1.165) is 22.4 Å². The van der Waals surface area contributed by atoms with Gasteiger partial charge in [0.25, 0.3) is 0 Å². The van der Waals surface area contributed by atoms with Crippen molar-refractivity contribution in [3.63, 3.8) is 0 Å². The molecule has 0 saturated carbocycles. The number of benzene rings is 3. The van der Waals surface area contributed by atoms with Crippen LogP contribution in [0.4, 0.5) is 0 Å². The molecule has 0 N–H and O–H groups in total. The molecule has 0 saturated heterocycles. The summed E-state index contributed by atoms with van der Waals surface area (Å²) in [5.41, 5.74) is 2.70. The van der Waals surface area contributed by atoms with E-state index in [4.69, 9.17) is 53.7 Å².